The third kappa shape index (κ3) is 2.85. The molecule has 2 aromatic rings. The van der Waals surface area contributed by atoms with E-state index in [2.05, 4.69) is 20.3 Å². The summed E-state index contributed by atoms with van der Waals surface area (Å²) in [6.07, 6.45) is -4.80. The van der Waals surface area contributed by atoms with Gasteiger partial charge in [0.05, 0.1) is 12.9 Å². The van der Waals surface area contributed by atoms with E-state index in [0.717, 1.165) is 10.9 Å². The van der Waals surface area contributed by atoms with E-state index in [-0.39, 0.29) is 23.0 Å². The fourth-order valence-corrected chi connectivity index (χ4v) is 2.53. The van der Waals surface area contributed by atoms with Gasteiger partial charge in [-0.1, -0.05) is 13.8 Å². The Labute approximate surface area is 144 Å². The number of alkyl halides is 2. The Kier molecular flexibility index (Phi) is 4.50. The predicted octanol–water partition coefficient (Wildman–Crippen LogP) is -0.400. The minimum atomic E-state index is -3.70. The number of amides is 1. The van der Waals surface area contributed by atoms with Crippen LogP contribution in [0.1, 0.15) is 20.1 Å². The second-order valence-corrected chi connectivity index (χ2v) is 6.20. The van der Waals surface area contributed by atoms with Crippen LogP contribution in [0.5, 0.6) is 0 Å². The number of imidazole rings is 1. The zero-order chi connectivity index (χ0) is 19.2. The summed E-state index contributed by atoms with van der Waals surface area (Å²) in [6, 6.07) is 0. The van der Waals surface area contributed by atoms with Crippen LogP contribution in [0, 0.1) is 5.92 Å². The van der Waals surface area contributed by atoms with Crippen molar-refractivity contribution >= 4 is 23.0 Å². The summed E-state index contributed by atoms with van der Waals surface area (Å²) in [7, 11) is 0. The first-order valence-corrected chi connectivity index (χ1v) is 7.76. The van der Waals surface area contributed by atoms with Gasteiger partial charge >= 0.3 is 5.92 Å². The second kappa shape index (κ2) is 6.37. The molecule has 0 saturated carbocycles. The second-order valence-electron chi connectivity index (χ2n) is 6.20. The van der Waals surface area contributed by atoms with E-state index in [4.69, 9.17) is 9.84 Å². The van der Waals surface area contributed by atoms with Gasteiger partial charge in [0, 0.05) is 5.92 Å². The average molecular weight is 373 g/mol. The Morgan fingerprint density at radius 3 is 2.81 bits per heavy atom. The van der Waals surface area contributed by atoms with E-state index in [9.17, 15) is 23.5 Å². The number of aliphatic hydroxyl groups is 2. The molecule has 26 heavy (non-hydrogen) atoms. The lowest BCUT2D eigenvalue weighted by Gasteiger charge is -2.18. The van der Waals surface area contributed by atoms with E-state index >= 15 is 0 Å². The number of aliphatic hydroxyl groups excluding tert-OH is 2. The number of rotatable bonds is 4. The van der Waals surface area contributed by atoms with Crippen LogP contribution in [0.15, 0.2) is 11.1 Å². The van der Waals surface area contributed by atoms with Crippen molar-refractivity contribution < 1.29 is 28.5 Å². The Morgan fingerprint density at radius 1 is 1.54 bits per heavy atom. The molecule has 142 valence electrons. The summed E-state index contributed by atoms with van der Waals surface area (Å²) in [6.45, 7) is 2.27. The summed E-state index contributed by atoms with van der Waals surface area (Å²) in [5.41, 5.74) is -1.05. The van der Waals surface area contributed by atoms with Gasteiger partial charge in [-0.2, -0.15) is 4.98 Å². The lowest BCUT2D eigenvalue weighted by molar-refractivity contribution is -0.123. The van der Waals surface area contributed by atoms with E-state index in [0.29, 0.717) is 0 Å². The molecule has 0 unspecified atom stereocenters. The fraction of sp³-hybridized carbons (Fsp3) is 0.571. The predicted molar refractivity (Wildman–Crippen MR) is 83.6 cm³/mol. The number of nitrogens with zero attached hydrogens (tertiary/aromatic N) is 3. The van der Waals surface area contributed by atoms with Crippen molar-refractivity contribution in [3.63, 3.8) is 0 Å². The largest absolute Gasteiger partial charge is 0.393 e. The van der Waals surface area contributed by atoms with E-state index in [1.54, 1.807) is 13.8 Å². The van der Waals surface area contributed by atoms with Crippen LogP contribution in [-0.4, -0.2) is 60.4 Å². The molecule has 2 aromatic heterocycles. The van der Waals surface area contributed by atoms with E-state index < -0.39 is 42.4 Å². The monoisotopic (exact) mass is 373 g/mol. The van der Waals surface area contributed by atoms with E-state index in [1.807, 2.05) is 0 Å². The maximum absolute atomic E-state index is 14.0. The molecule has 0 bridgehead atoms. The normalized spacial score (nSPS) is 25.1. The van der Waals surface area contributed by atoms with Crippen molar-refractivity contribution in [2.24, 2.45) is 5.92 Å². The number of carbonyl (C=O) groups is 1. The fourth-order valence-electron chi connectivity index (χ4n) is 2.53. The first-order chi connectivity index (χ1) is 12.2. The molecule has 10 nitrogen and oxygen atoms in total. The Morgan fingerprint density at radius 2 is 2.23 bits per heavy atom. The maximum Gasteiger partial charge on any atom is 0.305 e. The van der Waals surface area contributed by atoms with Crippen LogP contribution < -0.4 is 10.9 Å². The lowest BCUT2D eigenvalue weighted by atomic mass is 10.1. The average Bonchev–Trinajstić information content (AvgIpc) is 3.07. The molecule has 3 heterocycles. The van der Waals surface area contributed by atoms with Crippen LogP contribution in [0.3, 0.4) is 0 Å². The summed E-state index contributed by atoms with van der Waals surface area (Å²) < 4.78 is 33.9. The number of anilines is 1. The van der Waals surface area contributed by atoms with Crippen molar-refractivity contribution in [2.75, 3.05) is 11.9 Å². The SMILES string of the molecule is CC(C)C(=O)Nc1nc2c(ncn2[C@@H]2O[C@H](CO)C(F)(F)[C@H]2O)c(=O)[nH]1. The van der Waals surface area contributed by atoms with Gasteiger partial charge in [-0.15, -0.1) is 0 Å². The highest BCUT2D eigenvalue weighted by atomic mass is 19.3. The highest BCUT2D eigenvalue weighted by Gasteiger charge is 2.59. The molecule has 4 N–H and O–H groups in total. The molecule has 1 saturated heterocycles. The van der Waals surface area contributed by atoms with Gasteiger partial charge in [0.25, 0.3) is 5.56 Å². The zero-order valence-electron chi connectivity index (χ0n) is 13.8. The Bertz CT molecular complexity index is 895. The van der Waals surface area contributed by atoms with Crippen molar-refractivity contribution in [1.29, 1.82) is 0 Å². The third-order valence-electron chi connectivity index (χ3n) is 4.04. The summed E-state index contributed by atoms with van der Waals surface area (Å²) in [5.74, 6) is -4.69. The van der Waals surface area contributed by atoms with Crippen molar-refractivity contribution in [3.8, 4) is 0 Å². The minimum absolute atomic E-state index is 0.161. The van der Waals surface area contributed by atoms with Crippen LogP contribution >= 0.6 is 0 Å². The number of hydrogen-bond donors (Lipinski definition) is 4. The molecule has 3 atom stereocenters. The lowest BCUT2D eigenvalue weighted by Crippen LogP contribution is -2.40. The number of ether oxygens (including phenoxy) is 1. The Hall–Kier alpha value is -2.44. The molecule has 12 heteroatoms. The minimum Gasteiger partial charge on any atom is -0.393 e. The van der Waals surface area contributed by atoms with Crippen molar-refractivity contribution in [1.82, 2.24) is 19.5 Å². The van der Waals surface area contributed by atoms with Crippen LogP contribution in [0.4, 0.5) is 14.7 Å². The number of aromatic nitrogens is 4. The molecule has 1 aliphatic rings. The van der Waals surface area contributed by atoms with Gasteiger partial charge in [0.15, 0.2) is 23.5 Å². The molecule has 0 aromatic carbocycles. The van der Waals surface area contributed by atoms with Gasteiger partial charge in [-0.25, -0.2) is 13.8 Å². The van der Waals surface area contributed by atoms with Gasteiger partial charge in [0.2, 0.25) is 11.9 Å². The number of carbonyl (C=O) groups excluding carboxylic acids is 1. The molecule has 0 radical (unpaired) electrons. The molecule has 1 aliphatic heterocycles. The molecular weight excluding hydrogens is 356 g/mol. The van der Waals surface area contributed by atoms with Crippen molar-refractivity contribution in [2.45, 2.75) is 38.2 Å². The van der Waals surface area contributed by atoms with Crippen LogP contribution in [0.2, 0.25) is 0 Å². The van der Waals surface area contributed by atoms with Crippen LogP contribution in [-0.2, 0) is 9.53 Å². The smallest absolute Gasteiger partial charge is 0.305 e. The number of hydrogen-bond acceptors (Lipinski definition) is 7. The number of H-pyrrole nitrogens is 1. The summed E-state index contributed by atoms with van der Waals surface area (Å²) >= 11 is 0. The third-order valence-corrected chi connectivity index (χ3v) is 4.04. The highest BCUT2D eigenvalue weighted by Crippen LogP contribution is 2.41. The van der Waals surface area contributed by atoms with Gasteiger partial charge in [-0.3, -0.25) is 24.5 Å². The van der Waals surface area contributed by atoms with Gasteiger partial charge in [-0.05, 0) is 0 Å². The van der Waals surface area contributed by atoms with E-state index in [1.165, 1.54) is 0 Å². The molecule has 0 spiro atoms. The Balaban J connectivity index is 2.04. The number of nitrogens with one attached hydrogen (secondary N) is 2. The highest BCUT2D eigenvalue weighted by molar-refractivity contribution is 5.91. The summed E-state index contributed by atoms with van der Waals surface area (Å²) in [4.78, 5) is 34.0. The standard InChI is InChI=1S/C14H17F2N5O5/c1-5(2)10(24)19-13-18-9-7(11(25)20-13)17-4-21(9)12-8(23)14(15,16)6(3-22)26-12/h4-6,8,12,22-23H,3H2,1-2H3,(H2,18,19,20,24,25)/t6-,8+,12-/m1/s1. The first kappa shape index (κ1) is 18.4. The zero-order valence-corrected chi connectivity index (χ0v) is 13.8. The number of halogens is 2. The molecule has 1 amide bonds. The van der Waals surface area contributed by atoms with Gasteiger partial charge in [0.1, 0.15) is 6.10 Å². The number of fused-ring (bicyclic) bond motifs is 1. The van der Waals surface area contributed by atoms with Crippen LogP contribution in [0.25, 0.3) is 11.2 Å². The molecule has 0 aliphatic carbocycles. The molecule has 1 fully saturated rings. The topological polar surface area (TPSA) is 142 Å². The number of aromatic amines is 1. The molecule has 3 rings (SSSR count). The molecular formula is C14H17F2N5O5. The van der Waals surface area contributed by atoms with Gasteiger partial charge < -0.3 is 14.9 Å². The summed E-state index contributed by atoms with van der Waals surface area (Å²) in [5, 5.41) is 21.3. The maximum atomic E-state index is 14.0. The van der Waals surface area contributed by atoms with Crippen molar-refractivity contribution in [3.05, 3.63) is 16.7 Å². The quantitative estimate of drug-likeness (QED) is 0.571. The first-order valence-electron chi connectivity index (χ1n) is 7.76.